The number of carbonyl (C=O) groups excluding carboxylic acids is 1. The lowest BCUT2D eigenvalue weighted by Crippen LogP contribution is -2.53. The predicted molar refractivity (Wildman–Crippen MR) is 83.9 cm³/mol. The molecule has 22 heavy (non-hydrogen) atoms. The first-order chi connectivity index (χ1) is 10.3. The van der Waals surface area contributed by atoms with Crippen molar-refractivity contribution in [3.05, 3.63) is 29.8 Å². The zero-order chi connectivity index (χ0) is 16.0. The zero-order valence-corrected chi connectivity index (χ0v) is 13.7. The van der Waals surface area contributed by atoms with Gasteiger partial charge in [0.25, 0.3) is 10.0 Å². The first-order valence-electron chi connectivity index (χ1n) is 7.73. The van der Waals surface area contributed by atoms with E-state index in [9.17, 15) is 13.2 Å². The number of hydrogen-bond acceptors (Lipinski definition) is 4. The van der Waals surface area contributed by atoms with Gasteiger partial charge < -0.3 is 5.32 Å². The molecule has 1 aliphatic carbocycles. The Balaban J connectivity index is 1.82. The summed E-state index contributed by atoms with van der Waals surface area (Å²) in [5.74, 6) is 0.146. The minimum atomic E-state index is -3.81. The number of nitrogens with one attached hydrogen (secondary N) is 2. The molecule has 1 amide bonds. The van der Waals surface area contributed by atoms with Gasteiger partial charge in [0.05, 0.1) is 10.3 Å². The summed E-state index contributed by atoms with van der Waals surface area (Å²) < 4.78 is 27.3. The van der Waals surface area contributed by atoms with E-state index in [0.29, 0.717) is 6.54 Å². The summed E-state index contributed by atoms with van der Waals surface area (Å²) in [6.45, 7) is 5.39. The number of rotatable bonds is 4. The summed E-state index contributed by atoms with van der Waals surface area (Å²) in [7, 11) is -3.81. The molecule has 1 aliphatic heterocycles. The lowest BCUT2D eigenvalue weighted by molar-refractivity contribution is -0.135. The first kappa shape index (κ1) is 15.5. The topological polar surface area (TPSA) is 75.3 Å². The number of fused-ring (bicyclic) bond motifs is 1. The van der Waals surface area contributed by atoms with Crippen LogP contribution in [0, 0.1) is 11.3 Å². The Bertz CT molecular complexity index is 699. The van der Waals surface area contributed by atoms with Gasteiger partial charge in [-0.1, -0.05) is 26.0 Å². The molecular formula is C16H22N2O3S. The van der Waals surface area contributed by atoms with E-state index in [1.165, 1.54) is 6.07 Å². The van der Waals surface area contributed by atoms with Crippen LogP contribution in [0.5, 0.6) is 0 Å². The fourth-order valence-electron chi connectivity index (χ4n) is 3.40. The molecular weight excluding hydrogens is 300 g/mol. The van der Waals surface area contributed by atoms with Crippen molar-refractivity contribution in [2.45, 2.75) is 37.5 Å². The zero-order valence-electron chi connectivity index (χ0n) is 12.9. The molecule has 0 unspecified atom stereocenters. The maximum Gasteiger partial charge on any atom is 0.264 e. The summed E-state index contributed by atoms with van der Waals surface area (Å²) in [6.07, 6.45) is 1.75. The third-order valence-electron chi connectivity index (χ3n) is 5.07. The van der Waals surface area contributed by atoms with Crippen LogP contribution < -0.4 is 10.0 Å². The van der Waals surface area contributed by atoms with Crippen molar-refractivity contribution in [3.63, 3.8) is 0 Å². The second-order valence-corrected chi connectivity index (χ2v) is 8.37. The molecule has 2 atom stereocenters. The summed E-state index contributed by atoms with van der Waals surface area (Å²) in [6, 6.07) is 6.79. The van der Waals surface area contributed by atoms with Crippen molar-refractivity contribution in [2.24, 2.45) is 11.3 Å². The molecule has 1 aromatic carbocycles. The van der Waals surface area contributed by atoms with Crippen molar-refractivity contribution >= 4 is 15.9 Å². The van der Waals surface area contributed by atoms with E-state index in [2.05, 4.69) is 10.0 Å². The molecule has 1 heterocycles. The highest BCUT2D eigenvalue weighted by molar-refractivity contribution is 7.90. The molecule has 1 aromatic rings. The van der Waals surface area contributed by atoms with Gasteiger partial charge in [-0.15, -0.1) is 0 Å². The summed E-state index contributed by atoms with van der Waals surface area (Å²) in [4.78, 5) is 12.7. The minimum absolute atomic E-state index is 0.158. The maximum atomic E-state index is 12.5. The highest BCUT2D eigenvalue weighted by Crippen LogP contribution is 2.49. The van der Waals surface area contributed by atoms with E-state index in [1.807, 2.05) is 19.9 Å². The van der Waals surface area contributed by atoms with Crippen LogP contribution in [0.2, 0.25) is 0 Å². The fourth-order valence-corrected chi connectivity index (χ4v) is 4.51. The monoisotopic (exact) mass is 322 g/mol. The summed E-state index contributed by atoms with van der Waals surface area (Å²) in [5, 5.41) is 3.20. The van der Waals surface area contributed by atoms with Crippen LogP contribution in [-0.2, 0) is 14.8 Å². The van der Waals surface area contributed by atoms with Crippen LogP contribution in [0.4, 0.5) is 0 Å². The second-order valence-electron chi connectivity index (χ2n) is 6.68. The summed E-state index contributed by atoms with van der Waals surface area (Å²) >= 11 is 0. The van der Waals surface area contributed by atoms with E-state index in [0.717, 1.165) is 24.9 Å². The van der Waals surface area contributed by atoms with E-state index in [4.69, 9.17) is 0 Å². The van der Waals surface area contributed by atoms with Crippen molar-refractivity contribution in [1.82, 2.24) is 10.0 Å². The Kier molecular flexibility index (Phi) is 3.77. The Morgan fingerprint density at radius 2 is 2.18 bits per heavy atom. The second kappa shape index (κ2) is 5.35. The van der Waals surface area contributed by atoms with E-state index < -0.39 is 15.4 Å². The SMILES string of the molecule is CC(C)c1cccc(S(=O)(=O)NC(=O)[C@]23CC[C@H]2CNC3)c1. The molecule has 0 spiro atoms. The van der Waals surface area contributed by atoms with Crippen LogP contribution >= 0.6 is 0 Å². The van der Waals surface area contributed by atoms with Crippen molar-refractivity contribution < 1.29 is 13.2 Å². The molecule has 1 saturated carbocycles. The number of benzene rings is 1. The lowest BCUT2D eigenvalue weighted by Gasteiger charge is -2.42. The van der Waals surface area contributed by atoms with Gasteiger partial charge in [0.2, 0.25) is 5.91 Å². The Morgan fingerprint density at radius 1 is 1.41 bits per heavy atom. The van der Waals surface area contributed by atoms with Crippen molar-refractivity contribution in [3.8, 4) is 0 Å². The molecule has 1 saturated heterocycles. The van der Waals surface area contributed by atoms with Crippen LogP contribution in [0.1, 0.15) is 38.2 Å². The van der Waals surface area contributed by atoms with E-state index >= 15 is 0 Å². The van der Waals surface area contributed by atoms with Gasteiger partial charge in [-0.2, -0.15) is 0 Å². The Labute approximate surface area is 131 Å². The molecule has 6 heteroatoms. The predicted octanol–water partition coefficient (Wildman–Crippen LogP) is 1.61. The third-order valence-corrected chi connectivity index (χ3v) is 6.39. The molecule has 3 rings (SSSR count). The molecule has 0 aromatic heterocycles. The van der Waals surface area contributed by atoms with Crippen molar-refractivity contribution in [2.75, 3.05) is 13.1 Å². The highest BCUT2D eigenvalue weighted by Gasteiger charge is 2.55. The fraction of sp³-hybridized carbons (Fsp3) is 0.562. The Morgan fingerprint density at radius 3 is 2.77 bits per heavy atom. The molecule has 120 valence electrons. The average Bonchev–Trinajstić information content (AvgIpc) is 2.74. The van der Waals surface area contributed by atoms with Crippen molar-refractivity contribution in [1.29, 1.82) is 0 Å². The van der Waals surface area contributed by atoms with Crippen LogP contribution in [0.3, 0.4) is 0 Å². The minimum Gasteiger partial charge on any atom is -0.315 e. The quantitative estimate of drug-likeness (QED) is 0.883. The molecule has 0 radical (unpaired) electrons. The smallest absolute Gasteiger partial charge is 0.264 e. The molecule has 2 N–H and O–H groups in total. The van der Waals surface area contributed by atoms with Gasteiger partial charge in [0.1, 0.15) is 0 Å². The number of carbonyl (C=O) groups is 1. The van der Waals surface area contributed by atoms with Crippen LogP contribution in [-0.4, -0.2) is 27.4 Å². The lowest BCUT2D eigenvalue weighted by atomic mass is 9.62. The largest absolute Gasteiger partial charge is 0.315 e. The van der Waals surface area contributed by atoms with E-state index in [1.54, 1.807) is 12.1 Å². The Hall–Kier alpha value is -1.40. The molecule has 2 fully saturated rings. The van der Waals surface area contributed by atoms with Gasteiger partial charge in [0.15, 0.2) is 0 Å². The van der Waals surface area contributed by atoms with Gasteiger partial charge in [-0.25, -0.2) is 13.1 Å². The first-order valence-corrected chi connectivity index (χ1v) is 9.21. The molecule has 2 aliphatic rings. The van der Waals surface area contributed by atoms with Crippen LogP contribution in [0.25, 0.3) is 0 Å². The maximum absolute atomic E-state index is 12.5. The van der Waals surface area contributed by atoms with Gasteiger partial charge in [-0.3, -0.25) is 4.79 Å². The number of amides is 1. The van der Waals surface area contributed by atoms with Crippen LogP contribution in [0.15, 0.2) is 29.2 Å². The van der Waals surface area contributed by atoms with Gasteiger partial charge in [-0.05, 0) is 48.9 Å². The third kappa shape index (κ3) is 2.44. The van der Waals surface area contributed by atoms with Gasteiger partial charge in [0, 0.05) is 6.54 Å². The average molecular weight is 322 g/mol. The molecule has 5 nitrogen and oxygen atoms in total. The van der Waals surface area contributed by atoms with Gasteiger partial charge >= 0.3 is 0 Å². The molecule has 0 bridgehead atoms. The number of sulfonamides is 1. The summed E-state index contributed by atoms with van der Waals surface area (Å²) in [5.41, 5.74) is 0.417. The normalized spacial score (nSPS) is 27.3. The highest BCUT2D eigenvalue weighted by atomic mass is 32.2. The van der Waals surface area contributed by atoms with E-state index in [-0.39, 0.29) is 22.6 Å². The standard InChI is InChI=1S/C16H22N2O3S/c1-11(2)12-4-3-5-14(8-12)22(20,21)18-15(19)16-7-6-13(16)9-17-10-16/h3-5,8,11,13,17H,6-7,9-10H2,1-2H3,(H,18,19)/t13-,16-/m0/s1. The number of hydrogen-bond donors (Lipinski definition) is 2.